The van der Waals surface area contributed by atoms with E-state index in [4.69, 9.17) is 22.2 Å². The number of thiazole rings is 1. The summed E-state index contributed by atoms with van der Waals surface area (Å²) in [6.45, 7) is -1.18. The van der Waals surface area contributed by atoms with Crippen LogP contribution < -0.4 is 11.1 Å². The van der Waals surface area contributed by atoms with E-state index >= 15 is 0 Å². The van der Waals surface area contributed by atoms with E-state index in [1.165, 1.54) is 33.8 Å². The van der Waals surface area contributed by atoms with Gasteiger partial charge in [-0.05, 0) is 17.7 Å². The number of carbonyl (C=O) groups excluding carboxylic acids is 2. The maximum Gasteiger partial charge on any atom is 0.353 e. The number of oxime groups is 1. The third kappa shape index (κ3) is 5.45. The van der Waals surface area contributed by atoms with E-state index in [2.05, 4.69) is 15.5 Å². The van der Waals surface area contributed by atoms with Crippen LogP contribution in [0, 0.1) is 0 Å². The van der Waals surface area contributed by atoms with Crippen molar-refractivity contribution in [1.82, 2.24) is 15.2 Å². The number of thioether (sulfide) groups is 2. The van der Waals surface area contributed by atoms with Crippen LogP contribution in [-0.4, -0.2) is 68.9 Å². The van der Waals surface area contributed by atoms with Crippen LogP contribution in [0.4, 0.5) is 9.52 Å². The minimum atomic E-state index is -1.24. The summed E-state index contributed by atoms with van der Waals surface area (Å²) in [6, 6.07) is 6.38. The summed E-state index contributed by atoms with van der Waals surface area (Å²) in [6.07, 6.45) is 0. The molecule has 15 heteroatoms. The summed E-state index contributed by atoms with van der Waals surface area (Å²) in [5.41, 5.74) is 6.29. The fourth-order valence-corrected chi connectivity index (χ4v) is 6.61. The summed E-state index contributed by atoms with van der Waals surface area (Å²) < 4.78 is 12.4. The van der Waals surface area contributed by atoms with Gasteiger partial charge in [-0.3, -0.25) is 14.5 Å². The molecule has 1 aromatic heterocycles. The van der Waals surface area contributed by atoms with Gasteiger partial charge in [-0.25, -0.2) is 14.2 Å². The number of nitrogens with zero attached hydrogens (tertiary/aromatic N) is 3. The van der Waals surface area contributed by atoms with Gasteiger partial charge in [0.05, 0.1) is 0 Å². The highest BCUT2D eigenvalue weighted by atomic mass is 35.5. The second kappa shape index (κ2) is 11.5. The molecule has 2 aromatic rings. The second-order valence-corrected chi connectivity index (χ2v) is 10.8. The van der Waals surface area contributed by atoms with Crippen molar-refractivity contribution in [2.24, 2.45) is 5.16 Å². The Morgan fingerprint density at radius 1 is 1.39 bits per heavy atom. The highest BCUT2D eigenvalue weighted by molar-refractivity contribution is 8.06. The molecule has 0 aliphatic carbocycles. The van der Waals surface area contributed by atoms with Crippen molar-refractivity contribution < 1.29 is 28.7 Å². The number of fused-ring (bicyclic) bond motifs is 1. The predicted molar refractivity (Wildman–Crippen MR) is 137 cm³/mol. The van der Waals surface area contributed by atoms with Gasteiger partial charge >= 0.3 is 5.97 Å². The quantitative estimate of drug-likeness (QED) is 0.129. The summed E-state index contributed by atoms with van der Waals surface area (Å²) in [4.78, 5) is 49.3. The number of hydrogen-bond donors (Lipinski definition) is 3. The lowest BCUT2D eigenvalue weighted by Crippen LogP contribution is -2.71. The maximum absolute atomic E-state index is 13.0. The predicted octanol–water partition coefficient (Wildman–Crippen LogP) is 2.64. The average molecular weight is 572 g/mol. The molecule has 0 unspecified atom stereocenters. The molecule has 2 amide bonds. The van der Waals surface area contributed by atoms with Gasteiger partial charge in [0, 0.05) is 26.8 Å². The molecule has 36 heavy (non-hydrogen) atoms. The lowest BCUT2D eigenvalue weighted by Gasteiger charge is -2.49. The molecule has 2 aliphatic rings. The molecule has 2 aliphatic heterocycles. The zero-order valence-corrected chi connectivity index (χ0v) is 21.6. The van der Waals surface area contributed by atoms with Crippen molar-refractivity contribution >= 4 is 75.1 Å². The van der Waals surface area contributed by atoms with E-state index in [9.17, 15) is 23.9 Å². The van der Waals surface area contributed by atoms with Gasteiger partial charge < -0.3 is 21.0 Å². The highest BCUT2D eigenvalue weighted by Crippen LogP contribution is 2.45. The van der Waals surface area contributed by atoms with Crippen LogP contribution in [-0.2, 0) is 25.1 Å². The van der Waals surface area contributed by atoms with Crippen LogP contribution in [0.3, 0.4) is 0 Å². The Labute approximate surface area is 222 Å². The van der Waals surface area contributed by atoms with Crippen molar-refractivity contribution in [1.29, 1.82) is 0 Å². The first kappa shape index (κ1) is 26.3. The standard InChI is InChI=1S/C21H19ClFN5O5S3/c22-7-10-1-3-11(4-2-10)36-13-9-34-19-15(18(30)28(19)16(13)20(31)32)26-17(29)14(27-33-6-5-23)12-8-35-21(24)25-12/h1-4,8,15,19H,5-7,9H2,(H2,24,25)(H,26,29)(H,31,32)/t15-,19+/m1/s1. The molecule has 1 fully saturated rings. The molecule has 4 N–H and O–H groups in total. The number of halogens is 2. The molecule has 3 heterocycles. The number of anilines is 1. The Bertz CT molecular complexity index is 1240. The fraction of sp³-hybridized carbons (Fsp3) is 0.286. The van der Waals surface area contributed by atoms with Gasteiger partial charge in [-0.1, -0.05) is 29.1 Å². The Morgan fingerprint density at radius 3 is 2.75 bits per heavy atom. The van der Waals surface area contributed by atoms with Crippen molar-refractivity contribution in [3.05, 3.63) is 51.5 Å². The number of benzene rings is 1. The lowest BCUT2D eigenvalue weighted by molar-refractivity contribution is -0.150. The molecular formula is C21H19ClFN5O5S3. The van der Waals surface area contributed by atoms with E-state index in [-0.39, 0.29) is 28.8 Å². The van der Waals surface area contributed by atoms with Gasteiger partial charge in [0.1, 0.15) is 36.1 Å². The van der Waals surface area contributed by atoms with Crippen molar-refractivity contribution in [2.45, 2.75) is 22.2 Å². The number of aromatic nitrogens is 1. The SMILES string of the molecule is Nc1nc(C(=NOCCF)C(=O)N[C@@H]2C(=O)N3C(C(=O)O)=C(Sc4ccc(CCl)cc4)CS[C@@H]23)cs1. The third-order valence-electron chi connectivity index (χ3n) is 5.05. The van der Waals surface area contributed by atoms with Crippen LogP contribution in [0.25, 0.3) is 0 Å². The number of nitrogens with two attached hydrogens (primary N) is 1. The van der Waals surface area contributed by atoms with Gasteiger partial charge in [-0.15, -0.1) is 34.7 Å². The Morgan fingerprint density at radius 2 is 2.14 bits per heavy atom. The lowest BCUT2D eigenvalue weighted by atomic mass is 10.0. The summed E-state index contributed by atoms with van der Waals surface area (Å²) in [5, 5.41) is 17.1. The normalized spacial score (nSPS) is 19.6. The van der Waals surface area contributed by atoms with Crippen LogP contribution in [0.15, 0.2) is 50.3 Å². The monoisotopic (exact) mass is 571 g/mol. The number of carboxylic acids is 1. The van der Waals surface area contributed by atoms with Gasteiger partial charge in [-0.2, -0.15) is 0 Å². The van der Waals surface area contributed by atoms with Crippen molar-refractivity contribution in [2.75, 3.05) is 24.8 Å². The first-order chi connectivity index (χ1) is 17.3. The molecule has 0 saturated carbocycles. The molecule has 0 bridgehead atoms. The van der Waals surface area contributed by atoms with Crippen molar-refractivity contribution in [3.8, 4) is 0 Å². The van der Waals surface area contributed by atoms with Gasteiger partial charge in [0.2, 0.25) is 0 Å². The smallest absolute Gasteiger partial charge is 0.353 e. The molecule has 190 valence electrons. The largest absolute Gasteiger partial charge is 0.477 e. The summed E-state index contributed by atoms with van der Waals surface area (Å²) in [5.74, 6) is -1.90. The number of nitrogens with one attached hydrogen (secondary N) is 1. The number of rotatable bonds is 10. The number of amides is 2. The Balaban J connectivity index is 1.51. The van der Waals surface area contributed by atoms with Crippen LogP contribution in [0.2, 0.25) is 0 Å². The Hall–Kier alpha value is -2.81. The van der Waals surface area contributed by atoms with E-state index in [1.807, 2.05) is 24.3 Å². The molecule has 1 aromatic carbocycles. The number of alkyl halides is 2. The number of β-lactam (4-membered cyclic amide) rings is 1. The first-order valence-corrected chi connectivity index (χ1v) is 13.6. The number of carbonyl (C=O) groups is 3. The number of aliphatic carboxylic acids is 1. The van der Waals surface area contributed by atoms with Gasteiger partial charge in [0.15, 0.2) is 10.8 Å². The number of nitrogen functional groups attached to an aromatic ring is 1. The summed E-state index contributed by atoms with van der Waals surface area (Å²) in [7, 11) is 0. The van der Waals surface area contributed by atoms with Crippen LogP contribution in [0.5, 0.6) is 0 Å². The summed E-state index contributed by atoms with van der Waals surface area (Å²) >= 11 is 9.48. The topological polar surface area (TPSA) is 147 Å². The Kier molecular flexibility index (Phi) is 8.39. The van der Waals surface area contributed by atoms with E-state index < -0.39 is 35.9 Å². The number of carboxylic acid groups (broad SMARTS) is 1. The minimum absolute atomic E-state index is 0.110. The molecule has 0 spiro atoms. The fourth-order valence-electron chi connectivity index (χ4n) is 3.41. The van der Waals surface area contributed by atoms with E-state index in [0.29, 0.717) is 16.5 Å². The average Bonchev–Trinajstić information content (AvgIpc) is 3.30. The maximum atomic E-state index is 13.0. The molecular weight excluding hydrogens is 553 g/mol. The zero-order valence-electron chi connectivity index (χ0n) is 18.3. The molecule has 4 rings (SSSR count). The number of hydrogen-bond acceptors (Lipinski definition) is 10. The van der Waals surface area contributed by atoms with E-state index in [0.717, 1.165) is 21.8 Å². The van der Waals surface area contributed by atoms with Crippen molar-refractivity contribution in [3.63, 3.8) is 0 Å². The second-order valence-electron chi connectivity index (χ2n) is 7.35. The molecule has 10 nitrogen and oxygen atoms in total. The zero-order chi connectivity index (χ0) is 25.8. The highest BCUT2D eigenvalue weighted by Gasteiger charge is 2.54. The minimum Gasteiger partial charge on any atom is -0.477 e. The molecule has 2 atom stereocenters. The molecule has 1 saturated heterocycles. The third-order valence-corrected chi connectivity index (χ3v) is 8.58. The molecule has 0 radical (unpaired) electrons. The van der Waals surface area contributed by atoms with Crippen LogP contribution in [0.1, 0.15) is 11.3 Å². The van der Waals surface area contributed by atoms with Crippen LogP contribution >= 0.6 is 46.5 Å². The first-order valence-electron chi connectivity index (χ1n) is 10.4. The van der Waals surface area contributed by atoms with Gasteiger partial charge in [0.25, 0.3) is 11.8 Å². The van der Waals surface area contributed by atoms with E-state index in [1.54, 1.807) is 0 Å².